The number of nitrogens with one attached hydrogen (secondary N) is 1. The van der Waals surface area contributed by atoms with E-state index in [4.69, 9.17) is 4.74 Å². The molecule has 0 radical (unpaired) electrons. The minimum absolute atomic E-state index is 0.0355. The van der Waals surface area contributed by atoms with Crippen molar-refractivity contribution in [1.29, 1.82) is 0 Å². The molecule has 0 aromatic heterocycles. The van der Waals surface area contributed by atoms with Crippen molar-refractivity contribution in [3.63, 3.8) is 0 Å². The van der Waals surface area contributed by atoms with Gasteiger partial charge in [0.1, 0.15) is 12.6 Å². The van der Waals surface area contributed by atoms with Gasteiger partial charge < -0.3 is 20.1 Å². The highest BCUT2D eigenvalue weighted by atomic mass is 16.5. The molecule has 2 aromatic rings. The van der Waals surface area contributed by atoms with Crippen LogP contribution in [0.15, 0.2) is 48.5 Å². The first-order chi connectivity index (χ1) is 16.9. The van der Waals surface area contributed by atoms with E-state index in [0.717, 1.165) is 30.4 Å². The van der Waals surface area contributed by atoms with Crippen LogP contribution < -0.4 is 5.32 Å². The summed E-state index contributed by atoms with van der Waals surface area (Å²) in [6.07, 6.45) is 3.51. The summed E-state index contributed by atoms with van der Waals surface area (Å²) < 4.78 is 5.71. The van der Waals surface area contributed by atoms with Gasteiger partial charge >= 0.3 is 12.1 Å². The third-order valence-electron chi connectivity index (χ3n) is 7.43. The molecule has 7 heteroatoms. The second-order valence-corrected chi connectivity index (χ2v) is 9.46. The van der Waals surface area contributed by atoms with Crippen LogP contribution in [0.4, 0.5) is 4.79 Å². The lowest BCUT2D eigenvalue weighted by atomic mass is 9.92. The number of carbonyl (C=O) groups excluding carboxylic acids is 2. The second kappa shape index (κ2) is 10.9. The number of nitrogens with zero attached hydrogens (tertiary/aromatic N) is 1. The third kappa shape index (κ3) is 5.19. The summed E-state index contributed by atoms with van der Waals surface area (Å²) in [5, 5.41) is 12.4. The van der Waals surface area contributed by atoms with Gasteiger partial charge in [-0.05, 0) is 48.9 Å². The molecule has 2 aliphatic carbocycles. The van der Waals surface area contributed by atoms with Crippen LogP contribution in [0, 0.1) is 5.92 Å². The lowest BCUT2D eigenvalue weighted by Gasteiger charge is -2.32. The first-order valence-corrected chi connectivity index (χ1v) is 12.6. The number of rotatable bonds is 7. The van der Waals surface area contributed by atoms with Crippen LogP contribution in [0.25, 0.3) is 11.1 Å². The molecule has 2 aromatic carbocycles. The van der Waals surface area contributed by atoms with E-state index in [1.807, 2.05) is 24.3 Å². The highest BCUT2D eigenvalue weighted by Gasteiger charge is 2.37. The Bertz CT molecular complexity index is 1040. The Morgan fingerprint density at radius 3 is 2.20 bits per heavy atom. The van der Waals surface area contributed by atoms with Gasteiger partial charge in [-0.15, -0.1) is 0 Å². The summed E-state index contributed by atoms with van der Waals surface area (Å²) in [5.41, 5.74) is 4.62. The molecular weight excluding hydrogens is 444 g/mol. The van der Waals surface area contributed by atoms with E-state index in [0.29, 0.717) is 19.4 Å². The molecule has 1 unspecified atom stereocenters. The Labute approximate surface area is 206 Å². The van der Waals surface area contributed by atoms with E-state index in [2.05, 4.69) is 29.6 Å². The average molecular weight is 479 g/mol. The number of carboxylic acids is 1. The fraction of sp³-hybridized carbons (Fsp3) is 0.464. The molecule has 186 valence electrons. The summed E-state index contributed by atoms with van der Waals surface area (Å²) in [6, 6.07) is 15.1. The molecule has 0 aliphatic heterocycles. The van der Waals surface area contributed by atoms with E-state index in [-0.39, 0.29) is 24.5 Å². The van der Waals surface area contributed by atoms with Crippen LogP contribution in [0.2, 0.25) is 0 Å². The van der Waals surface area contributed by atoms with Crippen molar-refractivity contribution < 1.29 is 24.2 Å². The summed E-state index contributed by atoms with van der Waals surface area (Å²) >= 11 is 0. The summed E-state index contributed by atoms with van der Waals surface area (Å²) in [6.45, 7) is 3.82. The number of carbonyl (C=O) groups is 3. The number of hydrogen-bond donors (Lipinski definition) is 2. The number of fused-ring (bicyclic) bond motifs is 3. The summed E-state index contributed by atoms with van der Waals surface area (Å²) in [7, 11) is 0. The molecule has 3 atom stereocenters. The Kier molecular flexibility index (Phi) is 7.73. The minimum atomic E-state index is -1.03. The van der Waals surface area contributed by atoms with Gasteiger partial charge in [-0.25, -0.2) is 9.59 Å². The standard InChI is InChI=1S/C28H34N2O5/c1-3-30(18(2)27(32)33)26(31)23-15-5-4-6-16-25(23)29-28(34)35-17-24-21-13-9-7-11-19(21)20-12-8-10-14-22(20)24/h7-14,18,23-25H,3-6,15-17H2,1-2H3,(H,29,34)(H,32,33)/t18?,23-,25+/m1/s1. The monoisotopic (exact) mass is 478 g/mol. The number of amides is 2. The van der Waals surface area contributed by atoms with Gasteiger partial charge in [0.25, 0.3) is 0 Å². The molecule has 4 rings (SSSR count). The predicted octanol–water partition coefficient (Wildman–Crippen LogP) is 4.80. The molecule has 0 bridgehead atoms. The Hall–Kier alpha value is -3.35. The molecule has 0 saturated heterocycles. The number of benzene rings is 2. The maximum absolute atomic E-state index is 13.3. The highest BCUT2D eigenvalue weighted by molar-refractivity contribution is 5.86. The zero-order valence-electron chi connectivity index (χ0n) is 20.4. The van der Waals surface area contributed by atoms with Gasteiger partial charge in [0.05, 0.1) is 5.92 Å². The van der Waals surface area contributed by atoms with E-state index >= 15 is 0 Å². The number of likely N-dealkylation sites (N-methyl/N-ethyl adjacent to an activating group) is 1. The second-order valence-electron chi connectivity index (χ2n) is 9.46. The summed E-state index contributed by atoms with van der Waals surface area (Å²) in [5.74, 6) is -1.74. The predicted molar refractivity (Wildman–Crippen MR) is 133 cm³/mol. The number of aliphatic carboxylic acids is 1. The van der Waals surface area contributed by atoms with E-state index in [9.17, 15) is 19.5 Å². The SMILES string of the molecule is CCN(C(=O)[C@@H]1CCCCC[C@@H]1NC(=O)OCC1c2ccccc2-c2ccccc21)C(C)C(=O)O. The molecule has 35 heavy (non-hydrogen) atoms. The van der Waals surface area contributed by atoms with Crippen LogP contribution in [0.1, 0.15) is 63.0 Å². The van der Waals surface area contributed by atoms with Crippen molar-refractivity contribution in [2.45, 2.75) is 64.0 Å². The lowest BCUT2D eigenvalue weighted by Crippen LogP contribution is -2.51. The maximum atomic E-state index is 13.3. The van der Waals surface area contributed by atoms with Crippen molar-refractivity contribution in [2.24, 2.45) is 5.92 Å². The van der Waals surface area contributed by atoms with Gasteiger partial charge in [-0.2, -0.15) is 0 Å². The quantitative estimate of drug-likeness (QED) is 0.558. The maximum Gasteiger partial charge on any atom is 0.407 e. The first kappa shape index (κ1) is 24.8. The van der Waals surface area contributed by atoms with Crippen molar-refractivity contribution in [3.8, 4) is 11.1 Å². The number of hydrogen-bond acceptors (Lipinski definition) is 4. The van der Waals surface area contributed by atoms with E-state index < -0.39 is 24.0 Å². The largest absolute Gasteiger partial charge is 0.480 e. The molecule has 0 spiro atoms. The Morgan fingerprint density at radius 2 is 1.60 bits per heavy atom. The Morgan fingerprint density at radius 1 is 1.00 bits per heavy atom. The molecule has 2 amide bonds. The van der Waals surface area contributed by atoms with Crippen molar-refractivity contribution >= 4 is 18.0 Å². The number of carboxylic acid groups (broad SMARTS) is 1. The van der Waals surface area contributed by atoms with Gasteiger partial charge in [0.2, 0.25) is 5.91 Å². The van der Waals surface area contributed by atoms with Crippen LogP contribution in [-0.4, -0.2) is 53.2 Å². The van der Waals surface area contributed by atoms with Crippen LogP contribution in [0.3, 0.4) is 0 Å². The number of ether oxygens (including phenoxy) is 1. The molecule has 7 nitrogen and oxygen atoms in total. The van der Waals surface area contributed by atoms with Gasteiger partial charge in [-0.1, -0.05) is 67.8 Å². The fourth-order valence-corrected chi connectivity index (χ4v) is 5.53. The summed E-state index contributed by atoms with van der Waals surface area (Å²) in [4.78, 5) is 39.1. The Balaban J connectivity index is 1.44. The third-order valence-corrected chi connectivity index (χ3v) is 7.43. The minimum Gasteiger partial charge on any atom is -0.480 e. The van der Waals surface area contributed by atoms with Gasteiger partial charge in [0, 0.05) is 18.5 Å². The first-order valence-electron chi connectivity index (χ1n) is 12.6. The van der Waals surface area contributed by atoms with Crippen LogP contribution in [-0.2, 0) is 14.3 Å². The molecule has 2 N–H and O–H groups in total. The molecule has 1 fully saturated rings. The average Bonchev–Trinajstić information content (AvgIpc) is 2.99. The van der Waals surface area contributed by atoms with Crippen molar-refractivity contribution in [3.05, 3.63) is 59.7 Å². The molecule has 0 heterocycles. The van der Waals surface area contributed by atoms with Crippen LogP contribution in [0.5, 0.6) is 0 Å². The van der Waals surface area contributed by atoms with Crippen molar-refractivity contribution in [1.82, 2.24) is 10.2 Å². The number of alkyl carbamates (subject to hydrolysis) is 1. The van der Waals surface area contributed by atoms with Gasteiger partial charge in [-0.3, -0.25) is 4.79 Å². The smallest absolute Gasteiger partial charge is 0.407 e. The van der Waals surface area contributed by atoms with E-state index in [1.54, 1.807) is 6.92 Å². The zero-order chi connectivity index (χ0) is 24.9. The van der Waals surface area contributed by atoms with E-state index in [1.165, 1.54) is 23.0 Å². The topological polar surface area (TPSA) is 95.9 Å². The fourth-order valence-electron chi connectivity index (χ4n) is 5.53. The normalized spacial score (nSPS) is 20.2. The molecular formula is C28H34N2O5. The highest BCUT2D eigenvalue weighted by Crippen LogP contribution is 2.44. The zero-order valence-corrected chi connectivity index (χ0v) is 20.4. The van der Waals surface area contributed by atoms with Crippen LogP contribution >= 0.6 is 0 Å². The van der Waals surface area contributed by atoms with Gasteiger partial charge in [0.15, 0.2) is 0 Å². The molecule has 1 saturated carbocycles. The van der Waals surface area contributed by atoms with Crippen molar-refractivity contribution in [2.75, 3.05) is 13.2 Å². The lowest BCUT2D eigenvalue weighted by molar-refractivity contribution is -0.151. The molecule has 2 aliphatic rings.